The highest BCUT2D eigenvalue weighted by molar-refractivity contribution is 5.45. The Morgan fingerprint density at radius 1 is 1.35 bits per heavy atom. The highest BCUT2D eigenvalue weighted by Crippen LogP contribution is 2.20. The van der Waals surface area contributed by atoms with E-state index in [9.17, 15) is 0 Å². The van der Waals surface area contributed by atoms with Crippen LogP contribution >= 0.6 is 0 Å². The lowest BCUT2D eigenvalue weighted by molar-refractivity contribution is 0.190. The summed E-state index contributed by atoms with van der Waals surface area (Å²) in [6.07, 6.45) is 2.39. The molecule has 1 fully saturated rings. The SMILES string of the molecule is CC1CC(Nc2ccc(CO)cc2)CCN1C. The number of rotatable bonds is 3. The van der Waals surface area contributed by atoms with Gasteiger partial charge in [-0.25, -0.2) is 0 Å². The molecule has 3 nitrogen and oxygen atoms in total. The van der Waals surface area contributed by atoms with Crippen molar-refractivity contribution < 1.29 is 5.11 Å². The fraction of sp³-hybridized carbons (Fsp3) is 0.571. The van der Waals surface area contributed by atoms with Gasteiger partial charge in [-0.2, -0.15) is 0 Å². The first-order chi connectivity index (χ1) is 8.19. The van der Waals surface area contributed by atoms with Crippen LogP contribution in [0.25, 0.3) is 0 Å². The van der Waals surface area contributed by atoms with Crippen LogP contribution in [0, 0.1) is 0 Å². The van der Waals surface area contributed by atoms with E-state index in [0.29, 0.717) is 12.1 Å². The van der Waals surface area contributed by atoms with Crippen LogP contribution in [0.5, 0.6) is 0 Å². The van der Waals surface area contributed by atoms with E-state index in [-0.39, 0.29) is 6.61 Å². The number of hydrogen-bond acceptors (Lipinski definition) is 3. The largest absolute Gasteiger partial charge is 0.392 e. The first-order valence-corrected chi connectivity index (χ1v) is 6.35. The quantitative estimate of drug-likeness (QED) is 0.840. The summed E-state index contributed by atoms with van der Waals surface area (Å²) >= 11 is 0. The van der Waals surface area contributed by atoms with Crippen LogP contribution in [0.3, 0.4) is 0 Å². The number of piperidine rings is 1. The van der Waals surface area contributed by atoms with Gasteiger partial charge in [0, 0.05) is 24.3 Å². The number of aliphatic hydroxyl groups excluding tert-OH is 1. The summed E-state index contributed by atoms with van der Waals surface area (Å²) in [4.78, 5) is 2.41. The zero-order chi connectivity index (χ0) is 12.3. The van der Waals surface area contributed by atoms with Gasteiger partial charge in [0.15, 0.2) is 0 Å². The average molecular weight is 234 g/mol. The topological polar surface area (TPSA) is 35.5 Å². The number of anilines is 1. The minimum absolute atomic E-state index is 0.117. The second kappa shape index (κ2) is 5.52. The molecule has 2 N–H and O–H groups in total. The monoisotopic (exact) mass is 234 g/mol. The van der Waals surface area contributed by atoms with Gasteiger partial charge in [-0.15, -0.1) is 0 Å². The van der Waals surface area contributed by atoms with Gasteiger partial charge in [-0.3, -0.25) is 0 Å². The summed E-state index contributed by atoms with van der Waals surface area (Å²) in [5.74, 6) is 0. The molecule has 0 aliphatic carbocycles. The summed E-state index contributed by atoms with van der Waals surface area (Å²) in [7, 11) is 2.19. The normalized spacial score (nSPS) is 25.8. The summed E-state index contributed by atoms with van der Waals surface area (Å²) in [6.45, 7) is 3.56. The molecule has 94 valence electrons. The Labute approximate surface area is 103 Å². The van der Waals surface area contributed by atoms with Crippen molar-refractivity contribution in [1.82, 2.24) is 4.90 Å². The minimum Gasteiger partial charge on any atom is -0.392 e. The van der Waals surface area contributed by atoms with Crippen molar-refractivity contribution >= 4 is 5.69 Å². The van der Waals surface area contributed by atoms with E-state index in [2.05, 4.69) is 36.3 Å². The number of likely N-dealkylation sites (tertiary alicyclic amines) is 1. The smallest absolute Gasteiger partial charge is 0.0681 e. The standard InChI is InChI=1S/C14H22N2O/c1-11-9-14(7-8-16(11)2)15-13-5-3-12(10-17)4-6-13/h3-6,11,14-15,17H,7-10H2,1-2H3. The molecule has 0 aromatic heterocycles. The van der Waals surface area contributed by atoms with E-state index in [1.54, 1.807) is 0 Å². The molecule has 3 heteroatoms. The number of nitrogens with one attached hydrogen (secondary N) is 1. The molecule has 0 spiro atoms. The summed E-state index contributed by atoms with van der Waals surface area (Å²) in [6, 6.07) is 9.27. The van der Waals surface area contributed by atoms with Crippen LogP contribution < -0.4 is 5.32 Å². The van der Waals surface area contributed by atoms with Gasteiger partial charge >= 0.3 is 0 Å². The molecule has 17 heavy (non-hydrogen) atoms. The second-order valence-corrected chi connectivity index (χ2v) is 5.05. The molecule has 1 aromatic carbocycles. The van der Waals surface area contributed by atoms with Crippen molar-refractivity contribution in [3.05, 3.63) is 29.8 Å². The van der Waals surface area contributed by atoms with Crippen LogP contribution in [-0.4, -0.2) is 35.7 Å². The van der Waals surface area contributed by atoms with E-state index in [1.807, 2.05) is 12.1 Å². The zero-order valence-corrected chi connectivity index (χ0v) is 10.7. The molecule has 2 atom stereocenters. The van der Waals surface area contributed by atoms with Crippen molar-refractivity contribution in [2.45, 2.75) is 38.5 Å². The Hall–Kier alpha value is -1.06. The Bertz CT molecular complexity index is 350. The zero-order valence-electron chi connectivity index (χ0n) is 10.7. The average Bonchev–Trinajstić information content (AvgIpc) is 2.35. The summed E-state index contributed by atoms with van der Waals surface area (Å²) in [5, 5.41) is 12.6. The third-order valence-electron chi connectivity index (χ3n) is 3.72. The van der Waals surface area contributed by atoms with Crippen LogP contribution in [0.2, 0.25) is 0 Å². The molecule has 1 heterocycles. The Balaban J connectivity index is 1.92. The Morgan fingerprint density at radius 3 is 2.65 bits per heavy atom. The predicted octanol–water partition coefficient (Wildman–Crippen LogP) is 2.07. The van der Waals surface area contributed by atoms with Crippen LogP contribution in [0.15, 0.2) is 24.3 Å². The molecule has 1 aliphatic heterocycles. The van der Waals surface area contributed by atoms with E-state index in [0.717, 1.165) is 17.8 Å². The maximum Gasteiger partial charge on any atom is 0.0681 e. The van der Waals surface area contributed by atoms with Gasteiger partial charge in [0.25, 0.3) is 0 Å². The lowest BCUT2D eigenvalue weighted by Gasteiger charge is -2.35. The molecule has 0 bridgehead atoms. The first-order valence-electron chi connectivity index (χ1n) is 6.35. The number of hydrogen-bond donors (Lipinski definition) is 2. The Kier molecular flexibility index (Phi) is 4.02. The van der Waals surface area contributed by atoms with E-state index < -0.39 is 0 Å². The van der Waals surface area contributed by atoms with Crippen molar-refractivity contribution in [2.24, 2.45) is 0 Å². The van der Waals surface area contributed by atoms with Crippen molar-refractivity contribution in [2.75, 3.05) is 18.9 Å². The molecular weight excluding hydrogens is 212 g/mol. The van der Waals surface area contributed by atoms with E-state index in [1.165, 1.54) is 12.8 Å². The fourth-order valence-electron chi connectivity index (χ4n) is 2.36. The van der Waals surface area contributed by atoms with E-state index in [4.69, 9.17) is 5.11 Å². The van der Waals surface area contributed by atoms with Gasteiger partial charge in [0.05, 0.1) is 6.61 Å². The summed E-state index contributed by atoms with van der Waals surface area (Å²) in [5.41, 5.74) is 2.12. The fourth-order valence-corrected chi connectivity index (χ4v) is 2.36. The van der Waals surface area contributed by atoms with Crippen molar-refractivity contribution in [3.8, 4) is 0 Å². The van der Waals surface area contributed by atoms with Gasteiger partial charge in [-0.05, 0) is 44.5 Å². The molecule has 1 aliphatic rings. The van der Waals surface area contributed by atoms with E-state index >= 15 is 0 Å². The highest BCUT2D eigenvalue weighted by atomic mass is 16.3. The second-order valence-electron chi connectivity index (χ2n) is 5.05. The van der Waals surface area contributed by atoms with Crippen LogP contribution in [0.1, 0.15) is 25.3 Å². The lowest BCUT2D eigenvalue weighted by Crippen LogP contribution is -2.42. The number of aliphatic hydroxyl groups is 1. The molecular formula is C14H22N2O. The van der Waals surface area contributed by atoms with Crippen molar-refractivity contribution in [1.29, 1.82) is 0 Å². The first kappa shape index (κ1) is 12.4. The van der Waals surface area contributed by atoms with Gasteiger partial charge < -0.3 is 15.3 Å². The summed E-state index contributed by atoms with van der Waals surface area (Å²) < 4.78 is 0. The lowest BCUT2D eigenvalue weighted by atomic mass is 9.98. The molecule has 2 unspecified atom stereocenters. The molecule has 0 amide bonds. The molecule has 1 saturated heterocycles. The third-order valence-corrected chi connectivity index (χ3v) is 3.72. The minimum atomic E-state index is 0.117. The van der Waals surface area contributed by atoms with Crippen LogP contribution in [-0.2, 0) is 6.61 Å². The van der Waals surface area contributed by atoms with Crippen molar-refractivity contribution in [3.63, 3.8) is 0 Å². The molecule has 0 radical (unpaired) electrons. The maximum atomic E-state index is 8.99. The number of nitrogens with zero attached hydrogens (tertiary/aromatic N) is 1. The predicted molar refractivity (Wildman–Crippen MR) is 71.1 cm³/mol. The third kappa shape index (κ3) is 3.20. The molecule has 2 rings (SSSR count). The highest BCUT2D eigenvalue weighted by Gasteiger charge is 2.22. The number of benzene rings is 1. The van der Waals surface area contributed by atoms with Gasteiger partial charge in [-0.1, -0.05) is 12.1 Å². The van der Waals surface area contributed by atoms with Gasteiger partial charge in [0.1, 0.15) is 0 Å². The van der Waals surface area contributed by atoms with Crippen LogP contribution in [0.4, 0.5) is 5.69 Å². The molecule has 1 aromatic rings. The maximum absolute atomic E-state index is 8.99. The Morgan fingerprint density at radius 2 is 2.06 bits per heavy atom. The molecule has 0 saturated carbocycles. The van der Waals surface area contributed by atoms with Gasteiger partial charge in [0.2, 0.25) is 0 Å².